The van der Waals surface area contributed by atoms with Crippen LogP contribution in [0.25, 0.3) is 0 Å². The van der Waals surface area contributed by atoms with Gasteiger partial charge in [0, 0.05) is 24.2 Å². The number of fused-ring (bicyclic) bond motifs is 1. The Morgan fingerprint density at radius 3 is 3.11 bits per heavy atom. The zero-order valence-corrected chi connectivity index (χ0v) is 11.0. The number of aromatic nitrogens is 2. The maximum Gasteiger partial charge on any atom is 0.122 e. The number of benzene rings is 1. The number of nitrogens with zero attached hydrogens (tertiary/aromatic N) is 2. The number of aliphatic hydroxyl groups is 1. The molecular formula is C15H18N2O2. The van der Waals surface area contributed by atoms with Gasteiger partial charge in [0.2, 0.25) is 0 Å². The number of aliphatic hydroxyl groups excluding tert-OH is 1. The predicted octanol–water partition coefficient (Wildman–Crippen LogP) is 2.19. The van der Waals surface area contributed by atoms with Crippen LogP contribution in [0.15, 0.2) is 36.7 Å². The van der Waals surface area contributed by atoms with E-state index in [1.54, 1.807) is 6.20 Å². The van der Waals surface area contributed by atoms with Gasteiger partial charge in [0.25, 0.3) is 0 Å². The minimum Gasteiger partial charge on any atom is -0.493 e. The van der Waals surface area contributed by atoms with Gasteiger partial charge in [-0.2, -0.15) is 5.10 Å². The summed E-state index contributed by atoms with van der Waals surface area (Å²) < 4.78 is 7.55. The molecule has 100 valence electrons. The highest BCUT2D eigenvalue weighted by Gasteiger charge is 2.27. The van der Waals surface area contributed by atoms with Crippen LogP contribution in [0.1, 0.15) is 24.2 Å². The second-order valence-corrected chi connectivity index (χ2v) is 4.96. The molecule has 3 rings (SSSR count). The van der Waals surface area contributed by atoms with Crippen molar-refractivity contribution in [2.24, 2.45) is 5.92 Å². The van der Waals surface area contributed by atoms with E-state index in [-0.39, 0.29) is 5.92 Å². The summed E-state index contributed by atoms with van der Waals surface area (Å²) in [5, 5.41) is 14.7. The van der Waals surface area contributed by atoms with Crippen LogP contribution in [0.2, 0.25) is 0 Å². The van der Waals surface area contributed by atoms with Crippen LogP contribution >= 0.6 is 0 Å². The molecule has 1 aromatic carbocycles. The van der Waals surface area contributed by atoms with Crippen molar-refractivity contribution in [2.45, 2.75) is 26.0 Å². The molecule has 2 aromatic rings. The third-order valence-electron chi connectivity index (χ3n) is 3.67. The van der Waals surface area contributed by atoms with E-state index >= 15 is 0 Å². The zero-order chi connectivity index (χ0) is 13.2. The summed E-state index contributed by atoms with van der Waals surface area (Å²) in [6.07, 6.45) is 3.97. The minimum absolute atomic E-state index is 0.0874. The Balaban J connectivity index is 1.77. The van der Waals surface area contributed by atoms with Crippen LogP contribution < -0.4 is 4.74 Å². The number of ether oxygens (including phenoxy) is 1. The van der Waals surface area contributed by atoms with Crippen molar-refractivity contribution in [1.82, 2.24) is 9.78 Å². The van der Waals surface area contributed by atoms with Gasteiger partial charge < -0.3 is 9.84 Å². The van der Waals surface area contributed by atoms with Crippen LogP contribution in [0.4, 0.5) is 0 Å². The molecular weight excluding hydrogens is 240 g/mol. The van der Waals surface area contributed by atoms with Crippen LogP contribution in [-0.4, -0.2) is 21.5 Å². The largest absolute Gasteiger partial charge is 0.493 e. The van der Waals surface area contributed by atoms with Crippen molar-refractivity contribution in [2.75, 3.05) is 6.61 Å². The zero-order valence-electron chi connectivity index (χ0n) is 11.0. The Labute approximate surface area is 112 Å². The fourth-order valence-corrected chi connectivity index (χ4v) is 2.53. The normalized spacial score (nSPS) is 19.6. The number of rotatable bonds is 3. The fraction of sp³-hybridized carbons (Fsp3) is 0.400. The van der Waals surface area contributed by atoms with Gasteiger partial charge in [-0.3, -0.25) is 4.68 Å². The molecule has 19 heavy (non-hydrogen) atoms. The van der Waals surface area contributed by atoms with Crippen molar-refractivity contribution >= 4 is 0 Å². The SMILES string of the molecule is CCn1cc(C(O)C2COc3ccccc3C2)cn1. The average molecular weight is 258 g/mol. The molecule has 1 aliphatic rings. The van der Waals surface area contributed by atoms with E-state index < -0.39 is 6.10 Å². The second kappa shape index (κ2) is 5.05. The molecule has 2 heterocycles. The molecule has 0 radical (unpaired) electrons. The lowest BCUT2D eigenvalue weighted by Crippen LogP contribution is -2.26. The Hall–Kier alpha value is -1.81. The summed E-state index contributed by atoms with van der Waals surface area (Å²) >= 11 is 0. The molecule has 0 amide bonds. The Kier molecular flexibility index (Phi) is 3.25. The maximum atomic E-state index is 10.4. The van der Waals surface area contributed by atoms with Crippen LogP contribution in [-0.2, 0) is 13.0 Å². The molecule has 0 saturated heterocycles. The molecule has 1 N–H and O–H groups in total. The van der Waals surface area contributed by atoms with Gasteiger partial charge in [0.1, 0.15) is 5.75 Å². The van der Waals surface area contributed by atoms with E-state index in [4.69, 9.17) is 4.74 Å². The highest BCUT2D eigenvalue weighted by atomic mass is 16.5. The first-order valence-electron chi connectivity index (χ1n) is 6.69. The summed E-state index contributed by atoms with van der Waals surface area (Å²) in [5.74, 6) is 1.03. The van der Waals surface area contributed by atoms with Gasteiger partial charge in [-0.15, -0.1) is 0 Å². The predicted molar refractivity (Wildman–Crippen MR) is 72.0 cm³/mol. The van der Waals surface area contributed by atoms with Gasteiger partial charge in [-0.05, 0) is 25.0 Å². The number of para-hydroxylation sites is 1. The van der Waals surface area contributed by atoms with Crippen LogP contribution in [0.5, 0.6) is 5.75 Å². The molecule has 1 aromatic heterocycles. The number of hydrogen-bond donors (Lipinski definition) is 1. The molecule has 0 fully saturated rings. The number of hydrogen-bond acceptors (Lipinski definition) is 3. The second-order valence-electron chi connectivity index (χ2n) is 4.96. The highest BCUT2D eigenvalue weighted by molar-refractivity contribution is 5.35. The monoisotopic (exact) mass is 258 g/mol. The molecule has 1 aliphatic heterocycles. The average Bonchev–Trinajstić information content (AvgIpc) is 2.95. The fourth-order valence-electron chi connectivity index (χ4n) is 2.53. The maximum absolute atomic E-state index is 10.4. The van der Waals surface area contributed by atoms with E-state index in [0.29, 0.717) is 6.61 Å². The van der Waals surface area contributed by atoms with E-state index in [1.165, 1.54) is 5.56 Å². The first kappa shape index (κ1) is 12.2. The molecule has 2 unspecified atom stereocenters. The van der Waals surface area contributed by atoms with Crippen molar-refractivity contribution in [3.8, 4) is 5.75 Å². The lowest BCUT2D eigenvalue weighted by Gasteiger charge is -2.28. The van der Waals surface area contributed by atoms with Gasteiger partial charge in [-0.25, -0.2) is 0 Å². The Morgan fingerprint density at radius 2 is 2.32 bits per heavy atom. The van der Waals surface area contributed by atoms with E-state index in [2.05, 4.69) is 11.2 Å². The highest BCUT2D eigenvalue weighted by Crippen LogP contribution is 2.33. The van der Waals surface area contributed by atoms with E-state index in [9.17, 15) is 5.11 Å². The lowest BCUT2D eigenvalue weighted by atomic mass is 9.89. The summed E-state index contributed by atoms with van der Waals surface area (Å²) in [6.45, 7) is 3.40. The number of aryl methyl sites for hydroxylation is 1. The first-order valence-corrected chi connectivity index (χ1v) is 6.69. The smallest absolute Gasteiger partial charge is 0.122 e. The molecule has 4 nitrogen and oxygen atoms in total. The Bertz CT molecular complexity index is 565. The molecule has 4 heteroatoms. The van der Waals surface area contributed by atoms with Gasteiger partial charge >= 0.3 is 0 Å². The Morgan fingerprint density at radius 1 is 1.47 bits per heavy atom. The molecule has 0 aliphatic carbocycles. The van der Waals surface area contributed by atoms with Gasteiger partial charge in [0.05, 0.1) is 18.9 Å². The van der Waals surface area contributed by atoms with Crippen LogP contribution in [0, 0.1) is 5.92 Å². The van der Waals surface area contributed by atoms with Gasteiger partial charge in [-0.1, -0.05) is 18.2 Å². The summed E-state index contributed by atoms with van der Waals surface area (Å²) in [7, 11) is 0. The van der Waals surface area contributed by atoms with Crippen molar-refractivity contribution in [3.63, 3.8) is 0 Å². The first-order chi connectivity index (χ1) is 9.28. The third-order valence-corrected chi connectivity index (χ3v) is 3.67. The minimum atomic E-state index is -0.520. The van der Waals surface area contributed by atoms with Crippen molar-refractivity contribution in [3.05, 3.63) is 47.8 Å². The van der Waals surface area contributed by atoms with Crippen molar-refractivity contribution in [1.29, 1.82) is 0 Å². The van der Waals surface area contributed by atoms with Crippen LogP contribution in [0.3, 0.4) is 0 Å². The summed E-state index contributed by atoms with van der Waals surface area (Å²) in [6, 6.07) is 8.02. The third kappa shape index (κ3) is 2.36. The topological polar surface area (TPSA) is 47.3 Å². The van der Waals surface area contributed by atoms with Gasteiger partial charge in [0.15, 0.2) is 0 Å². The van der Waals surface area contributed by atoms with Crippen molar-refractivity contribution < 1.29 is 9.84 Å². The summed E-state index contributed by atoms with van der Waals surface area (Å²) in [4.78, 5) is 0. The standard InChI is InChI=1S/C15H18N2O2/c1-2-17-9-13(8-16-17)15(18)12-7-11-5-3-4-6-14(11)19-10-12/h3-6,8-9,12,15,18H,2,7,10H2,1H3. The quantitative estimate of drug-likeness (QED) is 0.918. The van der Waals surface area contributed by atoms with E-state index in [0.717, 1.165) is 24.3 Å². The molecule has 0 saturated carbocycles. The lowest BCUT2D eigenvalue weighted by molar-refractivity contribution is 0.0644. The van der Waals surface area contributed by atoms with E-state index in [1.807, 2.05) is 36.0 Å². The molecule has 0 spiro atoms. The summed E-state index contributed by atoms with van der Waals surface area (Å²) in [5.41, 5.74) is 2.04. The molecule has 2 atom stereocenters. The molecule has 0 bridgehead atoms.